The van der Waals surface area contributed by atoms with Gasteiger partial charge in [-0.1, -0.05) is 13.3 Å². The van der Waals surface area contributed by atoms with Crippen molar-refractivity contribution in [1.82, 2.24) is 5.32 Å². The van der Waals surface area contributed by atoms with Gasteiger partial charge in [-0.05, 0) is 40.9 Å². The first kappa shape index (κ1) is 13.2. The minimum absolute atomic E-state index is 0.296. The third-order valence-electron chi connectivity index (χ3n) is 2.47. The van der Waals surface area contributed by atoms with Crippen molar-refractivity contribution in [1.29, 1.82) is 0 Å². The number of aliphatic hydroxyl groups is 1. The Hall–Kier alpha value is 0.1000. The average molecular weight is 292 g/mol. The van der Waals surface area contributed by atoms with Crippen molar-refractivity contribution in [2.45, 2.75) is 26.3 Å². The molecule has 0 fully saturated rings. The van der Waals surface area contributed by atoms with Gasteiger partial charge in [-0.25, -0.2) is 0 Å². The lowest BCUT2D eigenvalue weighted by Gasteiger charge is -2.13. The van der Waals surface area contributed by atoms with Crippen LogP contribution >= 0.6 is 27.3 Å². The Bertz CT molecular complexity index is 277. The quantitative estimate of drug-likeness (QED) is 0.809. The number of aliphatic hydroxyl groups excluding tert-OH is 1. The Morgan fingerprint density at radius 2 is 2.40 bits per heavy atom. The van der Waals surface area contributed by atoms with E-state index in [0.29, 0.717) is 12.5 Å². The molecule has 0 bridgehead atoms. The summed E-state index contributed by atoms with van der Waals surface area (Å²) in [5, 5.41) is 14.4. The van der Waals surface area contributed by atoms with Gasteiger partial charge in [-0.2, -0.15) is 0 Å². The Balaban J connectivity index is 2.20. The molecular weight excluding hydrogens is 274 g/mol. The molecule has 1 aromatic rings. The maximum atomic E-state index is 8.86. The summed E-state index contributed by atoms with van der Waals surface area (Å²) < 4.78 is 1.16. The number of halogens is 1. The fourth-order valence-corrected chi connectivity index (χ4v) is 2.90. The fourth-order valence-electron chi connectivity index (χ4n) is 1.48. The van der Waals surface area contributed by atoms with Crippen LogP contribution in [0.2, 0.25) is 0 Å². The van der Waals surface area contributed by atoms with Crippen LogP contribution in [-0.4, -0.2) is 18.3 Å². The van der Waals surface area contributed by atoms with Crippen molar-refractivity contribution < 1.29 is 5.11 Å². The molecule has 1 unspecified atom stereocenters. The SMILES string of the molecule is CCC(CCO)CNCc1cc(Br)cs1. The van der Waals surface area contributed by atoms with Gasteiger partial charge in [-0.15, -0.1) is 11.3 Å². The molecule has 0 aliphatic carbocycles. The lowest BCUT2D eigenvalue weighted by Crippen LogP contribution is -2.22. The molecule has 0 radical (unpaired) electrons. The molecule has 0 spiro atoms. The predicted molar refractivity (Wildman–Crippen MR) is 69.2 cm³/mol. The largest absolute Gasteiger partial charge is 0.396 e. The van der Waals surface area contributed by atoms with E-state index in [1.165, 1.54) is 4.88 Å². The van der Waals surface area contributed by atoms with Crippen molar-refractivity contribution in [3.63, 3.8) is 0 Å². The summed E-state index contributed by atoms with van der Waals surface area (Å²) in [5.41, 5.74) is 0. The van der Waals surface area contributed by atoms with E-state index in [9.17, 15) is 0 Å². The fraction of sp³-hybridized carbons (Fsp3) is 0.636. The Kier molecular flexibility index (Phi) is 6.48. The van der Waals surface area contributed by atoms with Gasteiger partial charge < -0.3 is 10.4 Å². The molecule has 1 aromatic heterocycles. The van der Waals surface area contributed by atoms with Crippen molar-refractivity contribution >= 4 is 27.3 Å². The monoisotopic (exact) mass is 291 g/mol. The molecule has 1 heterocycles. The molecule has 2 N–H and O–H groups in total. The zero-order valence-corrected chi connectivity index (χ0v) is 11.4. The summed E-state index contributed by atoms with van der Waals surface area (Å²) >= 11 is 5.20. The van der Waals surface area contributed by atoms with Gasteiger partial charge in [0.05, 0.1) is 0 Å². The first-order valence-electron chi connectivity index (χ1n) is 5.30. The van der Waals surface area contributed by atoms with Crippen LogP contribution in [0.15, 0.2) is 15.9 Å². The first-order valence-corrected chi connectivity index (χ1v) is 6.98. The Morgan fingerprint density at radius 1 is 1.60 bits per heavy atom. The molecular formula is C11H18BrNOS. The Morgan fingerprint density at radius 3 is 2.93 bits per heavy atom. The van der Waals surface area contributed by atoms with Crippen LogP contribution in [0.4, 0.5) is 0 Å². The second kappa shape index (κ2) is 7.39. The molecule has 0 aliphatic heterocycles. The molecule has 1 atom stereocenters. The summed E-state index contributed by atoms with van der Waals surface area (Å²) in [6.07, 6.45) is 2.03. The Labute approximate surface area is 104 Å². The van der Waals surface area contributed by atoms with Crippen molar-refractivity contribution in [3.8, 4) is 0 Å². The van der Waals surface area contributed by atoms with E-state index in [0.717, 1.165) is 30.4 Å². The van der Waals surface area contributed by atoms with E-state index in [4.69, 9.17) is 5.11 Å². The van der Waals surface area contributed by atoms with Crippen LogP contribution in [-0.2, 0) is 6.54 Å². The highest BCUT2D eigenvalue weighted by molar-refractivity contribution is 9.10. The van der Waals surface area contributed by atoms with Gasteiger partial charge in [-0.3, -0.25) is 0 Å². The van der Waals surface area contributed by atoms with Crippen LogP contribution in [0, 0.1) is 5.92 Å². The van der Waals surface area contributed by atoms with Crippen molar-refractivity contribution in [2.75, 3.05) is 13.2 Å². The highest BCUT2D eigenvalue weighted by Crippen LogP contribution is 2.19. The van der Waals surface area contributed by atoms with E-state index < -0.39 is 0 Å². The van der Waals surface area contributed by atoms with Gasteiger partial charge in [0.2, 0.25) is 0 Å². The van der Waals surface area contributed by atoms with Gasteiger partial charge >= 0.3 is 0 Å². The van der Waals surface area contributed by atoms with E-state index >= 15 is 0 Å². The van der Waals surface area contributed by atoms with Crippen LogP contribution in [0.1, 0.15) is 24.6 Å². The number of hydrogen-bond donors (Lipinski definition) is 2. The van der Waals surface area contributed by atoms with Crippen molar-refractivity contribution in [2.24, 2.45) is 5.92 Å². The van der Waals surface area contributed by atoms with Crippen LogP contribution in [0.5, 0.6) is 0 Å². The summed E-state index contributed by atoms with van der Waals surface area (Å²) in [7, 11) is 0. The zero-order chi connectivity index (χ0) is 11.1. The van der Waals surface area contributed by atoms with E-state index in [2.05, 4.69) is 39.6 Å². The smallest absolute Gasteiger partial charge is 0.0434 e. The maximum Gasteiger partial charge on any atom is 0.0434 e. The number of hydrogen-bond acceptors (Lipinski definition) is 3. The standard InChI is InChI=1S/C11H18BrNOS/c1-2-9(3-4-14)6-13-7-11-5-10(12)8-15-11/h5,8-9,13-14H,2-4,6-7H2,1H3. The van der Waals surface area contributed by atoms with Gasteiger partial charge in [0.25, 0.3) is 0 Å². The third kappa shape index (κ3) is 5.11. The molecule has 86 valence electrons. The number of rotatable bonds is 7. The normalized spacial score (nSPS) is 13.0. The highest BCUT2D eigenvalue weighted by atomic mass is 79.9. The van der Waals surface area contributed by atoms with Gasteiger partial charge in [0.1, 0.15) is 0 Å². The summed E-state index contributed by atoms with van der Waals surface area (Å²) in [5.74, 6) is 0.596. The molecule has 15 heavy (non-hydrogen) atoms. The van der Waals surface area contributed by atoms with E-state index in [1.807, 2.05) is 0 Å². The minimum atomic E-state index is 0.296. The molecule has 0 saturated carbocycles. The summed E-state index contributed by atoms with van der Waals surface area (Å²) in [6.45, 7) is 4.39. The molecule has 0 amide bonds. The van der Waals surface area contributed by atoms with E-state index in [1.54, 1.807) is 11.3 Å². The molecule has 4 heteroatoms. The predicted octanol–water partition coefficient (Wildman–Crippen LogP) is 3.01. The number of nitrogens with one attached hydrogen (secondary N) is 1. The topological polar surface area (TPSA) is 32.3 Å². The number of thiophene rings is 1. The second-order valence-corrected chi connectivity index (χ2v) is 5.56. The molecule has 0 saturated heterocycles. The molecule has 1 rings (SSSR count). The maximum absolute atomic E-state index is 8.86. The van der Waals surface area contributed by atoms with E-state index in [-0.39, 0.29) is 0 Å². The lowest BCUT2D eigenvalue weighted by molar-refractivity contribution is 0.251. The molecule has 0 aliphatic rings. The van der Waals surface area contributed by atoms with Gasteiger partial charge in [0.15, 0.2) is 0 Å². The van der Waals surface area contributed by atoms with Gasteiger partial charge in [0, 0.05) is 27.9 Å². The van der Waals surface area contributed by atoms with Crippen LogP contribution < -0.4 is 5.32 Å². The molecule has 2 nitrogen and oxygen atoms in total. The van der Waals surface area contributed by atoms with Crippen molar-refractivity contribution in [3.05, 3.63) is 20.8 Å². The molecule has 0 aromatic carbocycles. The zero-order valence-electron chi connectivity index (χ0n) is 9.00. The van der Waals surface area contributed by atoms with Crippen LogP contribution in [0.25, 0.3) is 0 Å². The summed E-state index contributed by atoms with van der Waals surface area (Å²) in [4.78, 5) is 1.35. The van der Waals surface area contributed by atoms with Crippen LogP contribution in [0.3, 0.4) is 0 Å². The highest BCUT2D eigenvalue weighted by Gasteiger charge is 2.05. The lowest BCUT2D eigenvalue weighted by atomic mass is 10.0. The average Bonchev–Trinajstić information content (AvgIpc) is 2.63. The third-order valence-corrected chi connectivity index (χ3v) is 4.17. The minimum Gasteiger partial charge on any atom is -0.396 e. The summed E-state index contributed by atoms with van der Waals surface area (Å²) in [6, 6.07) is 2.14. The first-order chi connectivity index (χ1) is 7.26. The second-order valence-electron chi connectivity index (χ2n) is 3.65.